The lowest BCUT2D eigenvalue weighted by atomic mass is 10.3. The molecule has 0 spiro atoms. The van der Waals surface area contributed by atoms with Crippen molar-refractivity contribution >= 4 is 31.9 Å². The van der Waals surface area contributed by atoms with Gasteiger partial charge in [-0.3, -0.25) is 0 Å². The number of methoxy groups -OCH3 is 1. The minimum absolute atomic E-state index is 0.451. The Kier molecular flexibility index (Phi) is 10.9. The molecule has 22 heavy (non-hydrogen) atoms. The molecular formula is C15H22Br2O5. The van der Waals surface area contributed by atoms with Gasteiger partial charge in [-0.25, -0.2) is 0 Å². The van der Waals surface area contributed by atoms with E-state index in [1.54, 1.807) is 7.11 Å². The zero-order valence-corrected chi connectivity index (χ0v) is 16.1. The molecule has 7 heteroatoms. The zero-order valence-electron chi connectivity index (χ0n) is 12.9. The Labute approximate surface area is 148 Å². The SMILES string of the molecule is CCOc1cc(Br)c(Br)cc1OCCOCCOCCOC. The van der Waals surface area contributed by atoms with Gasteiger partial charge in [0.05, 0.1) is 39.6 Å². The molecular weight excluding hydrogens is 420 g/mol. The molecule has 0 fully saturated rings. The molecule has 0 aliphatic carbocycles. The highest BCUT2D eigenvalue weighted by atomic mass is 79.9. The van der Waals surface area contributed by atoms with Crippen LogP contribution >= 0.6 is 31.9 Å². The average Bonchev–Trinajstić information content (AvgIpc) is 2.50. The summed E-state index contributed by atoms with van der Waals surface area (Å²) in [5.74, 6) is 1.40. The number of rotatable bonds is 12. The van der Waals surface area contributed by atoms with Crippen molar-refractivity contribution in [3.8, 4) is 11.5 Å². The molecule has 5 nitrogen and oxygen atoms in total. The van der Waals surface area contributed by atoms with Gasteiger partial charge in [0, 0.05) is 16.1 Å². The molecule has 0 amide bonds. The maximum Gasteiger partial charge on any atom is 0.162 e. The summed E-state index contributed by atoms with van der Waals surface area (Å²) in [5.41, 5.74) is 0. The lowest BCUT2D eigenvalue weighted by molar-refractivity contribution is 0.0177. The van der Waals surface area contributed by atoms with Gasteiger partial charge in [0.1, 0.15) is 6.61 Å². The first-order chi connectivity index (χ1) is 10.7. The fraction of sp³-hybridized carbons (Fsp3) is 0.600. The molecule has 0 aromatic heterocycles. The van der Waals surface area contributed by atoms with Gasteiger partial charge in [0.2, 0.25) is 0 Å². The second kappa shape index (κ2) is 12.1. The normalized spacial score (nSPS) is 10.7. The van der Waals surface area contributed by atoms with Crippen LogP contribution in [-0.4, -0.2) is 53.4 Å². The predicted molar refractivity (Wildman–Crippen MR) is 92.0 cm³/mol. The Bertz CT molecular complexity index is 429. The van der Waals surface area contributed by atoms with E-state index in [0.717, 1.165) is 8.95 Å². The zero-order chi connectivity index (χ0) is 16.2. The van der Waals surface area contributed by atoms with Crippen molar-refractivity contribution < 1.29 is 23.7 Å². The van der Waals surface area contributed by atoms with Gasteiger partial charge in [-0.05, 0) is 50.9 Å². The molecule has 1 aromatic rings. The summed E-state index contributed by atoms with van der Waals surface area (Å²) < 4.78 is 28.7. The number of hydrogen-bond acceptors (Lipinski definition) is 5. The molecule has 0 unspecified atom stereocenters. The third kappa shape index (κ3) is 7.78. The molecule has 0 bridgehead atoms. The highest BCUT2D eigenvalue weighted by Gasteiger charge is 2.09. The van der Waals surface area contributed by atoms with E-state index in [0.29, 0.717) is 57.7 Å². The standard InChI is InChI=1S/C15H22Br2O5/c1-3-21-14-10-12(16)13(17)11-15(14)22-9-8-20-7-6-19-5-4-18-2/h10-11H,3-9H2,1-2H3. The maximum absolute atomic E-state index is 5.71. The van der Waals surface area contributed by atoms with Crippen LogP contribution in [0, 0.1) is 0 Å². The molecule has 0 saturated heterocycles. The van der Waals surface area contributed by atoms with E-state index in [2.05, 4.69) is 31.9 Å². The largest absolute Gasteiger partial charge is 0.490 e. The Hall–Kier alpha value is -0.340. The van der Waals surface area contributed by atoms with Gasteiger partial charge in [-0.2, -0.15) is 0 Å². The van der Waals surface area contributed by atoms with E-state index in [1.165, 1.54) is 0 Å². The summed E-state index contributed by atoms with van der Waals surface area (Å²) in [6.07, 6.45) is 0. The Morgan fingerprint density at radius 3 is 1.82 bits per heavy atom. The van der Waals surface area contributed by atoms with Crippen LogP contribution in [0.5, 0.6) is 11.5 Å². The van der Waals surface area contributed by atoms with Crippen molar-refractivity contribution in [2.75, 3.05) is 53.4 Å². The van der Waals surface area contributed by atoms with E-state index in [4.69, 9.17) is 23.7 Å². The van der Waals surface area contributed by atoms with Crippen molar-refractivity contribution in [2.45, 2.75) is 6.92 Å². The summed E-state index contributed by atoms with van der Waals surface area (Å²) in [6.45, 7) is 5.74. The van der Waals surface area contributed by atoms with E-state index < -0.39 is 0 Å². The van der Waals surface area contributed by atoms with Crippen LogP contribution in [0.2, 0.25) is 0 Å². The summed E-state index contributed by atoms with van der Waals surface area (Å²) in [7, 11) is 1.65. The van der Waals surface area contributed by atoms with Gasteiger partial charge in [-0.15, -0.1) is 0 Å². The summed E-state index contributed by atoms with van der Waals surface area (Å²) >= 11 is 6.90. The minimum atomic E-state index is 0.451. The van der Waals surface area contributed by atoms with Crippen molar-refractivity contribution in [3.05, 3.63) is 21.1 Å². The topological polar surface area (TPSA) is 46.2 Å². The third-order valence-electron chi connectivity index (χ3n) is 2.58. The first-order valence-electron chi connectivity index (χ1n) is 7.08. The van der Waals surface area contributed by atoms with Crippen LogP contribution in [0.4, 0.5) is 0 Å². The maximum atomic E-state index is 5.71. The molecule has 0 aliphatic heterocycles. The molecule has 126 valence electrons. The van der Waals surface area contributed by atoms with Crippen LogP contribution in [0.25, 0.3) is 0 Å². The van der Waals surface area contributed by atoms with Crippen molar-refractivity contribution in [3.63, 3.8) is 0 Å². The number of benzene rings is 1. The van der Waals surface area contributed by atoms with Gasteiger partial charge in [0.25, 0.3) is 0 Å². The van der Waals surface area contributed by atoms with Gasteiger partial charge in [0.15, 0.2) is 11.5 Å². The number of hydrogen-bond donors (Lipinski definition) is 0. The monoisotopic (exact) mass is 440 g/mol. The quantitative estimate of drug-likeness (QED) is 0.463. The highest BCUT2D eigenvalue weighted by molar-refractivity contribution is 9.13. The first-order valence-corrected chi connectivity index (χ1v) is 8.66. The number of halogens is 2. The predicted octanol–water partition coefficient (Wildman–Crippen LogP) is 3.67. The van der Waals surface area contributed by atoms with Gasteiger partial charge < -0.3 is 23.7 Å². The molecule has 0 saturated carbocycles. The Balaban J connectivity index is 2.25. The Morgan fingerprint density at radius 1 is 0.773 bits per heavy atom. The lowest BCUT2D eigenvalue weighted by Crippen LogP contribution is -2.12. The van der Waals surface area contributed by atoms with Crippen LogP contribution in [-0.2, 0) is 14.2 Å². The number of ether oxygens (including phenoxy) is 5. The lowest BCUT2D eigenvalue weighted by Gasteiger charge is -2.13. The molecule has 0 atom stereocenters. The second-order valence-corrected chi connectivity index (χ2v) is 5.92. The summed E-state index contributed by atoms with van der Waals surface area (Å²) in [5, 5.41) is 0. The fourth-order valence-electron chi connectivity index (χ4n) is 1.57. The van der Waals surface area contributed by atoms with Crippen molar-refractivity contribution in [1.29, 1.82) is 0 Å². The van der Waals surface area contributed by atoms with E-state index >= 15 is 0 Å². The first kappa shape index (κ1) is 19.7. The van der Waals surface area contributed by atoms with Crippen molar-refractivity contribution in [2.24, 2.45) is 0 Å². The Morgan fingerprint density at radius 2 is 1.27 bits per heavy atom. The van der Waals surface area contributed by atoms with Crippen LogP contribution in [0.1, 0.15) is 6.92 Å². The van der Waals surface area contributed by atoms with E-state index in [1.807, 2.05) is 19.1 Å². The molecule has 0 heterocycles. The second-order valence-electron chi connectivity index (χ2n) is 4.21. The molecule has 0 radical (unpaired) electrons. The van der Waals surface area contributed by atoms with E-state index in [-0.39, 0.29) is 0 Å². The molecule has 1 aromatic carbocycles. The average molecular weight is 442 g/mol. The van der Waals surface area contributed by atoms with Gasteiger partial charge in [-0.1, -0.05) is 0 Å². The van der Waals surface area contributed by atoms with Crippen molar-refractivity contribution in [1.82, 2.24) is 0 Å². The minimum Gasteiger partial charge on any atom is -0.490 e. The smallest absolute Gasteiger partial charge is 0.162 e. The van der Waals surface area contributed by atoms with Crippen LogP contribution < -0.4 is 9.47 Å². The fourth-order valence-corrected chi connectivity index (χ4v) is 2.21. The van der Waals surface area contributed by atoms with Crippen LogP contribution in [0.3, 0.4) is 0 Å². The van der Waals surface area contributed by atoms with Crippen LogP contribution in [0.15, 0.2) is 21.1 Å². The molecule has 0 N–H and O–H groups in total. The summed E-state index contributed by atoms with van der Waals surface area (Å²) in [6, 6.07) is 3.76. The molecule has 1 rings (SSSR count). The molecule has 0 aliphatic rings. The summed E-state index contributed by atoms with van der Waals surface area (Å²) in [4.78, 5) is 0. The van der Waals surface area contributed by atoms with E-state index in [9.17, 15) is 0 Å². The third-order valence-corrected chi connectivity index (χ3v) is 4.42. The highest BCUT2D eigenvalue weighted by Crippen LogP contribution is 2.36. The van der Waals surface area contributed by atoms with Gasteiger partial charge >= 0.3 is 0 Å².